The number of hydrogen-bond donors (Lipinski definition) is 0. The molecule has 1 aromatic rings. The molecule has 1 aliphatic rings. The molecule has 0 amide bonds. The molecule has 1 fully saturated rings. The second-order valence-corrected chi connectivity index (χ2v) is 5.05. The SMILES string of the molecule is FC(F)(F)c1ccnc(N2CCCC(CCCl)C2)n1. The number of halogens is 4. The molecule has 1 atom stereocenters. The van der Waals surface area contributed by atoms with Gasteiger partial charge in [0.1, 0.15) is 5.69 Å². The lowest BCUT2D eigenvalue weighted by Crippen LogP contribution is -2.37. The standard InChI is InChI=1S/C12H15ClF3N3/c13-5-3-9-2-1-7-19(8-9)11-17-6-4-10(18-11)12(14,15)16/h4,6,9H,1-3,5,7-8H2. The van der Waals surface area contributed by atoms with Gasteiger partial charge in [-0.3, -0.25) is 0 Å². The Morgan fingerprint density at radius 2 is 2.21 bits per heavy atom. The van der Waals surface area contributed by atoms with Crippen molar-refractivity contribution in [2.24, 2.45) is 5.92 Å². The summed E-state index contributed by atoms with van der Waals surface area (Å²) in [7, 11) is 0. The van der Waals surface area contributed by atoms with Crippen LogP contribution in [0.5, 0.6) is 0 Å². The van der Waals surface area contributed by atoms with E-state index in [1.807, 2.05) is 4.90 Å². The summed E-state index contributed by atoms with van der Waals surface area (Å²) >= 11 is 5.72. The van der Waals surface area contributed by atoms with Crippen molar-refractivity contribution in [2.45, 2.75) is 25.4 Å². The van der Waals surface area contributed by atoms with Gasteiger partial charge in [-0.15, -0.1) is 11.6 Å². The normalized spacial score (nSPS) is 20.6. The Balaban J connectivity index is 2.13. The molecule has 1 unspecified atom stereocenters. The summed E-state index contributed by atoms with van der Waals surface area (Å²) in [5.41, 5.74) is -0.892. The van der Waals surface area contributed by atoms with Crippen LogP contribution in [0.25, 0.3) is 0 Å². The molecule has 0 aliphatic carbocycles. The molecule has 1 aliphatic heterocycles. The zero-order chi connectivity index (χ0) is 13.9. The molecule has 2 rings (SSSR count). The number of piperidine rings is 1. The Hall–Kier alpha value is -1.04. The summed E-state index contributed by atoms with van der Waals surface area (Å²) in [6, 6.07) is 0.893. The zero-order valence-electron chi connectivity index (χ0n) is 10.3. The molecule has 0 bridgehead atoms. The number of aromatic nitrogens is 2. The molecule has 1 aromatic heterocycles. The summed E-state index contributed by atoms with van der Waals surface area (Å²) < 4.78 is 37.8. The number of nitrogens with zero attached hydrogens (tertiary/aromatic N) is 3. The van der Waals surface area contributed by atoms with E-state index in [0.717, 1.165) is 31.5 Å². The van der Waals surface area contributed by atoms with Gasteiger partial charge in [0.2, 0.25) is 5.95 Å². The molecule has 1 saturated heterocycles. The van der Waals surface area contributed by atoms with Crippen LogP contribution in [0.3, 0.4) is 0 Å². The van der Waals surface area contributed by atoms with Crippen LogP contribution >= 0.6 is 11.6 Å². The Morgan fingerprint density at radius 1 is 1.42 bits per heavy atom. The maximum atomic E-state index is 12.6. The van der Waals surface area contributed by atoms with Crippen LogP contribution in [0.1, 0.15) is 25.0 Å². The first-order chi connectivity index (χ1) is 9.00. The monoisotopic (exact) mass is 293 g/mol. The van der Waals surface area contributed by atoms with E-state index in [1.165, 1.54) is 0 Å². The maximum Gasteiger partial charge on any atom is 0.433 e. The first-order valence-electron chi connectivity index (χ1n) is 6.22. The van der Waals surface area contributed by atoms with E-state index >= 15 is 0 Å². The van der Waals surface area contributed by atoms with Crippen molar-refractivity contribution in [3.63, 3.8) is 0 Å². The van der Waals surface area contributed by atoms with Gasteiger partial charge in [0.15, 0.2) is 0 Å². The largest absolute Gasteiger partial charge is 0.433 e. The second kappa shape index (κ2) is 5.94. The molecule has 7 heteroatoms. The zero-order valence-corrected chi connectivity index (χ0v) is 11.1. The lowest BCUT2D eigenvalue weighted by Gasteiger charge is -2.32. The highest BCUT2D eigenvalue weighted by atomic mass is 35.5. The van der Waals surface area contributed by atoms with Crippen molar-refractivity contribution >= 4 is 17.5 Å². The van der Waals surface area contributed by atoms with Gasteiger partial charge in [0, 0.05) is 25.2 Å². The van der Waals surface area contributed by atoms with Crippen LogP contribution in [-0.2, 0) is 6.18 Å². The van der Waals surface area contributed by atoms with Crippen molar-refractivity contribution in [1.29, 1.82) is 0 Å². The van der Waals surface area contributed by atoms with Crippen molar-refractivity contribution in [2.75, 3.05) is 23.9 Å². The van der Waals surface area contributed by atoms with Gasteiger partial charge in [-0.05, 0) is 31.2 Å². The quantitative estimate of drug-likeness (QED) is 0.800. The van der Waals surface area contributed by atoms with Crippen LogP contribution in [0.4, 0.5) is 19.1 Å². The van der Waals surface area contributed by atoms with Gasteiger partial charge in [-0.1, -0.05) is 0 Å². The molecule has 0 spiro atoms. The van der Waals surface area contributed by atoms with Crippen LogP contribution < -0.4 is 4.90 Å². The van der Waals surface area contributed by atoms with E-state index in [0.29, 0.717) is 24.9 Å². The highest BCUT2D eigenvalue weighted by molar-refractivity contribution is 6.17. The van der Waals surface area contributed by atoms with Crippen molar-refractivity contribution < 1.29 is 13.2 Å². The molecule has 106 valence electrons. The Bertz CT molecular complexity index is 423. The van der Waals surface area contributed by atoms with Gasteiger partial charge >= 0.3 is 6.18 Å². The number of alkyl halides is 4. The third-order valence-corrected chi connectivity index (χ3v) is 3.47. The van der Waals surface area contributed by atoms with Crippen molar-refractivity contribution in [1.82, 2.24) is 9.97 Å². The van der Waals surface area contributed by atoms with Gasteiger partial charge in [0.25, 0.3) is 0 Å². The van der Waals surface area contributed by atoms with Gasteiger partial charge < -0.3 is 4.90 Å². The molecule has 0 saturated carbocycles. The minimum absolute atomic E-state index is 0.161. The number of anilines is 1. The molecular weight excluding hydrogens is 279 g/mol. The minimum Gasteiger partial charge on any atom is -0.341 e. The number of hydrogen-bond acceptors (Lipinski definition) is 3. The highest BCUT2D eigenvalue weighted by Gasteiger charge is 2.33. The second-order valence-electron chi connectivity index (χ2n) is 4.67. The molecule has 2 heterocycles. The molecule has 3 nitrogen and oxygen atoms in total. The van der Waals surface area contributed by atoms with Crippen LogP contribution in [0.15, 0.2) is 12.3 Å². The Morgan fingerprint density at radius 3 is 2.89 bits per heavy atom. The molecular formula is C12H15ClF3N3. The predicted octanol–water partition coefficient (Wildman–Crippen LogP) is 3.34. The summed E-state index contributed by atoms with van der Waals surface area (Å²) in [5.74, 6) is 1.14. The van der Waals surface area contributed by atoms with E-state index in [2.05, 4.69) is 9.97 Å². The average molecular weight is 294 g/mol. The lowest BCUT2D eigenvalue weighted by molar-refractivity contribution is -0.141. The smallest absolute Gasteiger partial charge is 0.341 e. The van der Waals surface area contributed by atoms with Gasteiger partial charge in [-0.2, -0.15) is 13.2 Å². The lowest BCUT2D eigenvalue weighted by atomic mass is 9.96. The fraction of sp³-hybridized carbons (Fsp3) is 0.667. The van der Waals surface area contributed by atoms with E-state index in [1.54, 1.807) is 0 Å². The topological polar surface area (TPSA) is 29.0 Å². The third kappa shape index (κ3) is 3.72. The predicted molar refractivity (Wildman–Crippen MR) is 67.3 cm³/mol. The molecule has 19 heavy (non-hydrogen) atoms. The molecule has 0 radical (unpaired) electrons. The number of rotatable bonds is 3. The van der Waals surface area contributed by atoms with Crippen molar-refractivity contribution in [3.8, 4) is 0 Å². The first-order valence-corrected chi connectivity index (χ1v) is 6.75. The van der Waals surface area contributed by atoms with Crippen molar-refractivity contribution in [3.05, 3.63) is 18.0 Å². The van der Waals surface area contributed by atoms with Crippen LogP contribution in [-0.4, -0.2) is 28.9 Å². The summed E-state index contributed by atoms with van der Waals surface area (Å²) in [6.45, 7) is 1.37. The Kier molecular flexibility index (Phi) is 4.50. The van der Waals surface area contributed by atoms with E-state index < -0.39 is 11.9 Å². The van der Waals surface area contributed by atoms with Crippen LogP contribution in [0.2, 0.25) is 0 Å². The summed E-state index contributed by atoms with van der Waals surface area (Å²) in [5, 5.41) is 0. The van der Waals surface area contributed by atoms with E-state index in [-0.39, 0.29) is 5.95 Å². The first kappa shape index (κ1) is 14.4. The average Bonchev–Trinajstić information content (AvgIpc) is 2.39. The fourth-order valence-corrected chi connectivity index (χ4v) is 2.60. The molecule has 0 aromatic carbocycles. The maximum absolute atomic E-state index is 12.6. The summed E-state index contributed by atoms with van der Waals surface area (Å²) in [4.78, 5) is 9.39. The van der Waals surface area contributed by atoms with E-state index in [4.69, 9.17) is 11.6 Å². The van der Waals surface area contributed by atoms with Crippen LogP contribution in [0, 0.1) is 5.92 Å². The van der Waals surface area contributed by atoms with Gasteiger partial charge in [0.05, 0.1) is 0 Å². The fourth-order valence-electron chi connectivity index (χ4n) is 2.30. The Labute approximate surface area is 114 Å². The van der Waals surface area contributed by atoms with Gasteiger partial charge in [-0.25, -0.2) is 9.97 Å². The third-order valence-electron chi connectivity index (χ3n) is 3.25. The highest BCUT2D eigenvalue weighted by Crippen LogP contribution is 2.29. The minimum atomic E-state index is -4.43. The van der Waals surface area contributed by atoms with E-state index in [9.17, 15) is 13.2 Å². The molecule has 0 N–H and O–H groups in total. The summed E-state index contributed by atoms with van der Waals surface area (Å²) in [6.07, 6.45) is -0.403.